The van der Waals surface area contributed by atoms with Gasteiger partial charge >= 0.3 is 0 Å². The third-order valence-electron chi connectivity index (χ3n) is 2.02. The van der Waals surface area contributed by atoms with Gasteiger partial charge in [-0.2, -0.15) is 0 Å². The van der Waals surface area contributed by atoms with Crippen molar-refractivity contribution in [2.45, 2.75) is 33.2 Å². The number of carbonyl (C=O) groups excluding carboxylic acids is 2. The quantitative estimate of drug-likeness (QED) is 0.528. The van der Waals surface area contributed by atoms with Gasteiger partial charge in [0.25, 0.3) is 0 Å². The average Bonchev–Trinajstić information content (AvgIpc) is 2.22. The Hall–Kier alpha value is -1.10. The molecule has 5 nitrogen and oxygen atoms in total. The molecule has 5 heteroatoms. The SMILES string of the molecule is CC[C@H](N)C(=O)NCCNC(=O)C(C)C. The molecule has 0 radical (unpaired) electrons. The molecule has 0 aromatic carbocycles. The van der Waals surface area contributed by atoms with Gasteiger partial charge < -0.3 is 16.4 Å². The third-order valence-corrected chi connectivity index (χ3v) is 2.02. The molecule has 1 atom stereocenters. The van der Waals surface area contributed by atoms with E-state index < -0.39 is 6.04 Å². The summed E-state index contributed by atoms with van der Waals surface area (Å²) in [6, 6.07) is -0.453. The van der Waals surface area contributed by atoms with Gasteiger partial charge in [-0.3, -0.25) is 9.59 Å². The van der Waals surface area contributed by atoms with E-state index in [-0.39, 0.29) is 17.7 Å². The Morgan fingerprint density at radius 1 is 1.13 bits per heavy atom. The van der Waals surface area contributed by atoms with E-state index in [1.54, 1.807) is 0 Å². The fraction of sp³-hybridized carbons (Fsp3) is 0.800. The zero-order valence-corrected chi connectivity index (χ0v) is 9.67. The van der Waals surface area contributed by atoms with Gasteiger partial charge in [0.05, 0.1) is 6.04 Å². The summed E-state index contributed by atoms with van der Waals surface area (Å²) in [5.74, 6) is -0.209. The first kappa shape index (κ1) is 13.9. The molecule has 2 amide bonds. The number of nitrogens with one attached hydrogen (secondary N) is 2. The van der Waals surface area contributed by atoms with Crippen molar-refractivity contribution < 1.29 is 9.59 Å². The van der Waals surface area contributed by atoms with E-state index in [1.807, 2.05) is 20.8 Å². The number of carbonyl (C=O) groups is 2. The molecule has 0 aliphatic carbocycles. The first-order chi connectivity index (χ1) is 6.99. The predicted octanol–water partition coefficient (Wildman–Crippen LogP) is -0.388. The summed E-state index contributed by atoms with van der Waals surface area (Å²) in [7, 11) is 0. The van der Waals surface area contributed by atoms with Crippen LogP contribution in [0, 0.1) is 5.92 Å². The summed E-state index contributed by atoms with van der Waals surface area (Å²) in [5.41, 5.74) is 5.51. The number of hydrogen-bond acceptors (Lipinski definition) is 3. The maximum atomic E-state index is 11.2. The van der Waals surface area contributed by atoms with Crippen molar-refractivity contribution in [2.24, 2.45) is 11.7 Å². The minimum Gasteiger partial charge on any atom is -0.354 e. The molecule has 4 N–H and O–H groups in total. The van der Waals surface area contributed by atoms with Crippen LogP contribution in [0.5, 0.6) is 0 Å². The Bertz CT molecular complexity index is 217. The van der Waals surface area contributed by atoms with Crippen molar-refractivity contribution >= 4 is 11.8 Å². The Labute approximate surface area is 90.8 Å². The maximum Gasteiger partial charge on any atom is 0.236 e. The molecule has 88 valence electrons. The molecule has 0 aromatic rings. The molecular weight excluding hydrogens is 194 g/mol. The molecule has 0 aromatic heterocycles. The summed E-state index contributed by atoms with van der Waals surface area (Å²) < 4.78 is 0. The lowest BCUT2D eigenvalue weighted by atomic mass is 10.2. The smallest absolute Gasteiger partial charge is 0.236 e. The molecule has 0 unspecified atom stereocenters. The van der Waals surface area contributed by atoms with Crippen LogP contribution in [0.2, 0.25) is 0 Å². The summed E-state index contributed by atoms with van der Waals surface area (Å²) in [6.07, 6.45) is 0.615. The van der Waals surface area contributed by atoms with Crippen LogP contribution < -0.4 is 16.4 Å². The number of hydrogen-bond donors (Lipinski definition) is 3. The van der Waals surface area contributed by atoms with Crippen LogP contribution in [0.15, 0.2) is 0 Å². The highest BCUT2D eigenvalue weighted by Crippen LogP contribution is 1.89. The molecule has 0 saturated carbocycles. The standard InChI is InChI=1S/C10H21N3O2/c1-4-8(11)10(15)13-6-5-12-9(14)7(2)3/h7-8H,4-6,11H2,1-3H3,(H,12,14)(H,13,15)/t8-/m0/s1. The van der Waals surface area contributed by atoms with E-state index in [1.165, 1.54) is 0 Å². The summed E-state index contributed by atoms with van der Waals surface area (Å²) >= 11 is 0. The highest BCUT2D eigenvalue weighted by molar-refractivity contribution is 5.81. The van der Waals surface area contributed by atoms with Crippen molar-refractivity contribution in [3.05, 3.63) is 0 Å². The largest absolute Gasteiger partial charge is 0.354 e. The molecule has 0 bridgehead atoms. The monoisotopic (exact) mass is 215 g/mol. The zero-order valence-electron chi connectivity index (χ0n) is 9.67. The van der Waals surface area contributed by atoms with Gasteiger partial charge in [-0.25, -0.2) is 0 Å². The number of rotatable bonds is 6. The minimum atomic E-state index is -0.453. The van der Waals surface area contributed by atoms with Crippen molar-refractivity contribution in [1.29, 1.82) is 0 Å². The van der Waals surface area contributed by atoms with Crippen molar-refractivity contribution in [1.82, 2.24) is 10.6 Å². The van der Waals surface area contributed by atoms with E-state index in [2.05, 4.69) is 10.6 Å². The summed E-state index contributed by atoms with van der Waals surface area (Å²) in [4.78, 5) is 22.3. The van der Waals surface area contributed by atoms with Crippen molar-refractivity contribution in [3.8, 4) is 0 Å². The van der Waals surface area contributed by atoms with Gasteiger partial charge in [0, 0.05) is 19.0 Å². The maximum absolute atomic E-state index is 11.2. The zero-order chi connectivity index (χ0) is 11.8. The van der Waals surface area contributed by atoms with Crippen molar-refractivity contribution in [3.63, 3.8) is 0 Å². The first-order valence-electron chi connectivity index (χ1n) is 5.30. The van der Waals surface area contributed by atoms with Gasteiger partial charge in [0.15, 0.2) is 0 Å². The molecule has 15 heavy (non-hydrogen) atoms. The summed E-state index contributed by atoms with van der Waals surface area (Å²) in [6.45, 7) is 6.36. The van der Waals surface area contributed by atoms with Crippen LogP contribution in [0.1, 0.15) is 27.2 Å². The molecule has 0 aliphatic rings. The highest BCUT2D eigenvalue weighted by Gasteiger charge is 2.10. The lowest BCUT2D eigenvalue weighted by Crippen LogP contribution is -2.43. The summed E-state index contributed by atoms with van der Waals surface area (Å²) in [5, 5.41) is 5.35. The molecule has 0 heterocycles. The Morgan fingerprint density at radius 2 is 1.60 bits per heavy atom. The van der Waals surface area contributed by atoms with E-state index in [9.17, 15) is 9.59 Å². The lowest BCUT2D eigenvalue weighted by molar-refractivity contribution is -0.125. The Kier molecular flexibility index (Phi) is 6.70. The molecule has 0 spiro atoms. The van der Waals surface area contributed by atoms with Crippen LogP contribution in [0.25, 0.3) is 0 Å². The Balaban J connectivity index is 3.55. The topological polar surface area (TPSA) is 84.2 Å². The van der Waals surface area contributed by atoms with Crippen LogP contribution in [-0.4, -0.2) is 30.9 Å². The van der Waals surface area contributed by atoms with Gasteiger partial charge in [-0.15, -0.1) is 0 Å². The van der Waals surface area contributed by atoms with E-state index in [0.717, 1.165) is 0 Å². The number of nitrogens with two attached hydrogens (primary N) is 1. The van der Waals surface area contributed by atoms with Crippen LogP contribution in [-0.2, 0) is 9.59 Å². The second-order valence-electron chi connectivity index (χ2n) is 3.75. The second kappa shape index (κ2) is 7.23. The van der Waals surface area contributed by atoms with Gasteiger partial charge in [0.2, 0.25) is 11.8 Å². The molecule has 0 fully saturated rings. The third kappa shape index (κ3) is 6.06. The first-order valence-corrected chi connectivity index (χ1v) is 5.30. The van der Waals surface area contributed by atoms with E-state index in [4.69, 9.17) is 5.73 Å². The molecular formula is C10H21N3O2. The molecule has 0 aliphatic heterocycles. The Morgan fingerprint density at radius 3 is 2.00 bits per heavy atom. The van der Waals surface area contributed by atoms with Gasteiger partial charge in [-0.1, -0.05) is 20.8 Å². The molecule has 0 saturated heterocycles. The lowest BCUT2D eigenvalue weighted by Gasteiger charge is -2.11. The van der Waals surface area contributed by atoms with Gasteiger partial charge in [0.1, 0.15) is 0 Å². The normalized spacial score (nSPS) is 12.3. The fourth-order valence-electron chi connectivity index (χ4n) is 0.892. The van der Waals surface area contributed by atoms with Gasteiger partial charge in [-0.05, 0) is 6.42 Å². The average molecular weight is 215 g/mol. The predicted molar refractivity (Wildman–Crippen MR) is 59.1 cm³/mol. The van der Waals surface area contributed by atoms with Crippen LogP contribution in [0.4, 0.5) is 0 Å². The second-order valence-corrected chi connectivity index (χ2v) is 3.75. The van der Waals surface area contributed by atoms with Crippen LogP contribution >= 0.6 is 0 Å². The number of amides is 2. The van der Waals surface area contributed by atoms with Crippen LogP contribution in [0.3, 0.4) is 0 Å². The van der Waals surface area contributed by atoms with E-state index in [0.29, 0.717) is 19.5 Å². The fourth-order valence-corrected chi connectivity index (χ4v) is 0.892. The highest BCUT2D eigenvalue weighted by atomic mass is 16.2. The minimum absolute atomic E-state index is 0.0101. The van der Waals surface area contributed by atoms with Crippen molar-refractivity contribution in [2.75, 3.05) is 13.1 Å². The van der Waals surface area contributed by atoms with E-state index >= 15 is 0 Å². The molecule has 0 rings (SSSR count).